The number of aliphatic hydroxyl groups excluding tert-OH is 1. The summed E-state index contributed by atoms with van der Waals surface area (Å²) in [4.78, 5) is 0. The second kappa shape index (κ2) is 11.3. The number of hydrogen-bond acceptors (Lipinski definition) is 1. The molecule has 0 aliphatic rings. The van der Waals surface area contributed by atoms with E-state index in [9.17, 15) is 0 Å². The van der Waals surface area contributed by atoms with Crippen molar-refractivity contribution < 1.29 is 5.11 Å². The van der Waals surface area contributed by atoms with Crippen LogP contribution in [0, 0.1) is 23.7 Å². The molecule has 0 aliphatic carbocycles. The highest BCUT2D eigenvalue weighted by Gasteiger charge is 1.67. The lowest BCUT2D eigenvalue weighted by Gasteiger charge is -1.73. The highest BCUT2D eigenvalue weighted by atomic mass is 16.2. The quantitative estimate of drug-likeness (QED) is 0.528. The molecule has 0 aromatic heterocycles. The van der Waals surface area contributed by atoms with Crippen molar-refractivity contribution in [3.05, 3.63) is 36.5 Å². The van der Waals surface area contributed by atoms with Gasteiger partial charge in [0.1, 0.15) is 0 Å². The zero-order chi connectivity index (χ0) is 10.5. The second-order valence-corrected chi connectivity index (χ2v) is 2.31. The Morgan fingerprint density at radius 2 is 1.86 bits per heavy atom. The van der Waals surface area contributed by atoms with E-state index in [1.54, 1.807) is 6.08 Å². The van der Waals surface area contributed by atoms with Crippen molar-refractivity contribution in [2.75, 3.05) is 6.61 Å². The fraction of sp³-hybridized carbons (Fsp3) is 0.231. The van der Waals surface area contributed by atoms with Crippen LogP contribution in [-0.2, 0) is 0 Å². The molecule has 0 bridgehead atoms. The first-order valence-electron chi connectivity index (χ1n) is 4.45. The van der Waals surface area contributed by atoms with Crippen LogP contribution in [-0.4, -0.2) is 11.7 Å². The van der Waals surface area contributed by atoms with E-state index >= 15 is 0 Å². The molecule has 14 heavy (non-hydrogen) atoms. The van der Waals surface area contributed by atoms with E-state index < -0.39 is 0 Å². The van der Waals surface area contributed by atoms with Crippen LogP contribution >= 0.6 is 0 Å². The van der Waals surface area contributed by atoms with Crippen molar-refractivity contribution in [2.24, 2.45) is 0 Å². The zero-order valence-electron chi connectivity index (χ0n) is 8.33. The second-order valence-electron chi connectivity index (χ2n) is 2.31. The molecule has 0 rings (SSSR count). The van der Waals surface area contributed by atoms with Crippen LogP contribution in [0.15, 0.2) is 36.5 Å². The molecule has 0 radical (unpaired) electrons. The molecule has 0 amide bonds. The zero-order valence-corrected chi connectivity index (χ0v) is 8.33. The summed E-state index contributed by atoms with van der Waals surface area (Å²) < 4.78 is 0. The Hall–Kier alpha value is -1.70. The summed E-state index contributed by atoms with van der Waals surface area (Å²) in [5.41, 5.74) is 0. The molecule has 0 aromatic rings. The summed E-state index contributed by atoms with van der Waals surface area (Å²) in [5, 5.41) is 8.41. The molecular formula is C13H14O. The Morgan fingerprint density at radius 3 is 2.57 bits per heavy atom. The average molecular weight is 186 g/mol. The first-order chi connectivity index (χ1) is 6.91. The molecule has 1 nitrogen and oxygen atoms in total. The van der Waals surface area contributed by atoms with Gasteiger partial charge in [-0.1, -0.05) is 42.2 Å². The molecule has 0 aromatic carbocycles. The maximum Gasteiger partial charge on any atom is 0.0540 e. The molecule has 0 fully saturated rings. The van der Waals surface area contributed by atoms with Crippen LogP contribution in [0.2, 0.25) is 0 Å². The molecule has 0 atom stereocenters. The Morgan fingerprint density at radius 1 is 1.07 bits per heavy atom. The topological polar surface area (TPSA) is 20.2 Å². The monoisotopic (exact) mass is 186 g/mol. The lowest BCUT2D eigenvalue weighted by molar-refractivity contribution is 0.305. The van der Waals surface area contributed by atoms with Crippen molar-refractivity contribution in [1.82, 2.24) is 0 Å². The first kappa shape index (κ1) is 12.3. The van der Waals surface area contributed by atoms with Crippen molar-refractivity contribution in [2.45, 2.75) is 13.3 Å². The molecule has 1 heteroatoms. The highest BCUT2D eigenvalue weighted by Crippen LogP contribution is 1.78. The summed E-state index contributed by atoms with van der Waals surface area (Å²) >= 11 is 0. The molecule has 0 saturated carbocycles. The van der Waals surface area contributed by atoms with Gasteiger partial charge in [0.05, 0.1) is 6.61 Å². The molecule has 72 valence electrons. The summed E-state index contributed by atoms with van der Waals surface area (Å²) in [5.74, 6) is 10.7. The van der Waals surface area contributed by atoms with Crippen molar-refractivity contribution in [1.29, 1.82) is 0 Å². The lowest BCUT2D eigenvalue weighted by atomic mass is 10.4. The fourth-order valence-corrected chi connectivity index (χ4v) is 0.583. The fourth-order valence-electron chi connectivity index (χ4n) is 0.583. The predicted octanol–water partition coefficient (Wildman–Crippen LogP) is 2.06. The van der Waals surface area contributed by atoms with Gasteiger partial charge in [-0.25, -0.2) is 0 Å². The van der Waals surface area contributed by atoms with Crippen LogP contribution in [0.1, 0.15) is 13.3 Å². The molecule has 0 unspecified atom stereocenters. The smallest absolute Gasteiger partial charge is 0.0540 e. The minimum Gasteiger partial charge on any atom is -0.395 e. The van der Waals surface area contributed by atoms with Crippen molar-refractivity contribution >= 4 is 0 Å². The van der Waals surface area contributed by atoms with Gasteiger partial charge in [-0.2, -0.15) is 0 Å². The minimum absolute atomic E-state index is 0.0939. The van der Waals surface area contributed by atoms with Crippen LogP contribution in [0.3, 0.4) is 0 Å². The lowest BCUT2D eigenvalue weighted by Crippen LogP contribution is -1.74. The third-order valence-corrected chi connectivity index (χ3v) is 1.17. The van der Waals surface area contributed by atoms with Gasteiger partial charge in [0.25, 0.3) is 0 Å². The standard InChI is InChI=1S/C13H14O/c1-2-3-4-5-6-7-8-9-10-11-12-13-14/h2-7,14H,12-13H2,1H3/b3-2+,5-4+,7-6+. The largest absolute Gasteiger partial charge is 0.395 e. The van der Waals surface area contributed by atoms with Gasteiger partial charge in [-0.05, 0) is 24.8 Å². The van der Waals surface area contributed by atoms with Crippen molar-refractivity contribution in [3.63, 3.8) is 0 Å². The van der Waals surface area contributed by atoms with Crippen LogP contribution < -0.4 is 0 Å². The van der Waals surface area contributed by atoms with Crippen LogP contribution in [0.5, 0.6) is 0 Å². The Labute approximate surface area is 85.8 Å². The Bertz CT molecular complexity index is 324. The average Bonchev–Trinajstić information content (AvgIpc) is 2.21. The van der Waals surface area contributed by atoms with Crippen LogP contribution in [0.4, 0.5) is 0 Å². The van der Waals surface area contributed by atoms with E-state index in [4.69, 9.17) is 5.11 Å². The van der Waals surface area contributed by atoms with Gasteiger partial charge >= 0.3 is 0 Å². The first-order valence-corrected chi connectivity index (χ1v) is 4.45. The number of allylic oxidation sites excluding steroid dienone is 6. The van der Waals surface area contributed by atoms with Gasteiger partial charge < -0.3 is 5.11 Å². The van der Waals surface area contributed by atoms with E-state index in [1.165, 1.54) is 0 Å². The van der Waals surface area contributed by atoms with E-state index in [0.29, 0.717) is 6.42 Å². The summed E-state index contributed by atoms with van der Waals surface area (Å²) in [6.45, 7) is 2.06. The molecular weight excluding hydrogens is 172 g/mol. The Balaban J connectivity index is 3.76. The number of hydrogen-bond donors (Lipinski definition) is 1. The van der Waals surface area contributed by atoms with Gasteiger partial charge in [0.2, 0.25) is 0 Å². The molecule has 0 aliphatic heterocycles. The molecule has 1 N–H and O–H groups in total. The third kappa shape index (κ3) is 10.3. The highest BCUT2D eigenvalue weighted by molar-refractivity contribution is 5.31. The minimum atomic E-state index is 0.0939. The SMILES string of the molecule is C/C=C/C=C/C=C/C#CC#CCCO. The normalized spacial score (nSPS) is 10.1. The predicted molar refractivity (Wildman–Crippen MR) is 60.3 cm³/mol. The summed E-state index contributed by atoms with van der Waals surface area (Å²) in [6.07, 6.45) is 11.8. The van der Waals surface area contributed by atoms with Crippen LogP contribution in [0.25, 0.3) is 0 Å². The van der Waals surface area contributed by atoms with Gasteiger partial charge in [-0.3, -0.25) is 0 Å². The Kier molecular flexibility index (Phi) is 9.93. The molecule has 0 heterocycles. The number of aliphatic hydroxyl groups is 1. The van der Waals surface area contributed by atoms with E-state index in [-0.39, 0.29) is 6.61 Å². The summed E-state index contributed by atoms with van der Waals surface area (Å²) in [6, 6.07) is 0. The van der Waals surface area contributed by atoms with E-state index in [1.807, 2.05) is 37.3 Å². The molecule has 0 saturated heterocycles. The molecule has 0 spiro atoms. The van der Waals surface area contributed by atoms with E-state index in [2.05, 4.69) is 23.7 Å². The van der Waals surface area contributed by atoms with Gasteiger partial charge in [0, 0.05) is 6.42 Å². The third-order valence-electron chi connectivity index (χ3n) is 1.17. The van der Waals surface area contributed by atoms with Gasteiger partial charge in [0.15, 0.2) is 0 Å². The van der Waals surface area contributed by atoms with Gasteiger partial charge in [-0.15, -0.1) is 0 Å². The number of rotatable bonds is 3. The van der Waals surface area contributed by atoms with Crippen molar-refractivity contribution in [3.8, 4) is 23.7 Å². The summed E-state index contributed by atoms with van der Waals surface area (Å²) in [7, 11) is 0. The van der Waals surface area contributed by atoms with E-state index in [0.717, 1.165) is 0 Å². The maximum absolute atomic E-state index is 8.41. The maximum atomic E-state index is 8.41.